The zero-order valence-corrected chi connectivity index (χ0v) is 19.7. The van der Waals surface area contributed by atoms with Crippen LogP contribution in [0.4, 0.5) is 8.78 Å². The lowest BCUT2D eigenvalue weighted by Crippen LogP contribution is -2.56. The molecule has 0 spiro atoms. The number of hydrogen-bond acceptors (Lipinski definition) is 5. The molecular formula is C26H29F2NO6. The minimum Gasteiger partial charge on any atom is -0.489 e. The number of amides is 1. The van der Waals surface area contributed by atoms with Gasteiger partial charge in [0.25, 0.3) is 5.91 Å². The van der Waals surface area contributed by atoms with Crippen LogP contribution in [-0.4, -0.2) is 35.4 Å². The second-order valence-corrected chi connectivity index (χ2v) is 9.25. The number of rotatable bonds is 8. The Bertz CT molecular complexity index is 1110. The molecule has 35 heavy (non-hydrogen) atoms. The Morgan fingerprint density at radius 3 is 2.57 bits per heavy atom. The van der Waals surface area contributed by atoms with Crippen LogP contribution in [-0.2, 0) is 11.2 Å². The normalized spacial score (nSPS) is 22.5. The van der Waals surface area contributed by atoms with E-state index in [9.17, 15) is 23.5 Å². The Hall–Kier alpha value is -3.36. The lowest BCUT2D eigenvalue weighted by molar-refractivity contribution is -0.287. The molecule has 1 saturated carbocycles. The molecule has 1 aliphatic carbocycles. The monoisotopic (exact) mass is 489 g/mol. The van der Waals surface area contributed by atoms with Gasteiger partial charge in [0.15, 0.2) is 11.5 Å². The summed E-state index contributed by atoms with van der Waals surface area (Å²) in [5.74, 6) is -2.11. The minimum atomic E-state index is -3.90. The predicted octanol–water partition coefficient (Wildman–Crippen LogP) is 5.09. The van der Waals surface area contributed by atoms with E-state index in [1.54, 1.807) is 0 Å². The molecule has 1 aliphatic heterocycles. The fourth-order valence-corrected chi connectivity index (χ4v) is 4.67. The quantitative estimate of drug-likeness (QED) is 0.536. The summed E-state index contributed by atoms with van der Waals surface area (Å²) < 4.78 is 42.5. The highest BCUT2D eigenvalue weighted by atomic mass is 19.3. The van der Waals surface area contributed by atoms with Crippen molar-refractivity contribution in [1.82, 2.24) is 5.32 Å². The van der Waals surface area contributed by atoms with Gasteiger partial charge in [0.05, 0.1) is 6.61 Å². The number of hydrogen-bond donors (Lipinski definition) is 2. The second kappa shape index (κ2) is 9.71. The third kappa shape index (κ3) is 5.49. The summed E-state index contributed by atoms with van der Waals surface area (Å²) in [6.07, 6.45) is -0.474. The number of carboxylic acid groups (broad SMARTS) is 1. The van der Waals surface area contributed by atoms with Gasteiger partial charge in [-0.3, -0.25) is 4.79 Å². The van der Waals surface area contributed by atoms with Gasteiger partial charge in [-0.1, -0.05) is 43.2 Å². The summed E-state index contributed by atoms with van der Waals surface area (Å²) in [6, 6.07) is 10.2. The van der Waals surface area contributed by atoms with E-state index >= 15 is 0 Å². The summed E-state index contributed by atoms with van der Waals surface area (Å²) in [5, 5.41) is 12.5. The lowest BCUT2D eigenvalue weighted by Gasteiger charge is -2.37. The number of fused-ring (bicyclic) bond motifs is 1. The Kier molecular flexibility index (Phi) is 6.87. The summed E-state index contributed by atoms with van der Waals surface area (Å²) in [5.41, 5.74) is 0.631. The molecule has 0 saturated heterocycles. The minimum absolute atomic E-state index is 0.0474. The number of ether oxygens (including phenoxy) is 3. The molecule has 1 amide bonds. The van der Waals surface area contributed by atoms with Gasteiger partial charge in [0, 0.05) is 12.0 Å². The third-order valence-electron chi connectivity index (χ3n) is 6.76. The first-order valence-corrected chi connectivity index (χ1v) is 11.8. The number of halogens is 2. The van der Waals surface area contributed by atoms with Crippen molar-refractivity contribution in [2.45, 2.75) is 64.2 Å². The Morgan fingerprint density at radius 1 is 1.17 bits per heavy atom. The van der Waals surface area contributed by atoms with Crippen LogP contribution in [0.1, 0.15) is 60.5 Å². The van der Waals surface area contributed by atoms with Crippen LogP contribution >= 0.6 is 0 Å². The highest BCUT2D eigenvalue weighted by molar-refractivity contribution is 5.99. The van der Waals surface area contributed by atoms with Crippen molar-refractivity contribution in [1.29, 1.82) is 0 Å². The van der Waals surface area contributed by atoms with Crippen LogP contribution in [0.5, 0.6) is 17.2 Å². The van der Waals surface area contributed by atoms with Crippen LogP contribution in [0.15, 0.2) is 36.4 Å². The fraction of sp³-hybridized carbons (Fsp3) is 0.462. The molecule has 1 heterocycles. The van der Waals surface area contributed by atoms with Crippen LogP contribution in [0.25, 0.3) is 0 Å². The van der Waals surface area contributed by atoms with Crippen LogP contribution in [0, 0.1) is 12.8 Å². The van der Waals surface area contributed by atoms with E-state index < -0.39 is 23.7 Å². The van der Waals surface area contributed by atoms with Crippen molar-refractivity contribution >= 4 is 11.9 Å². The molecule has 0 bridgehead atoms. The topological polar surface area (TPSA) is 94.1 Å². The standard InChI is InChI=1S/C26H29F2NO6/c1-3-17-7-10-25(11-8-17,24(31)32)29-23(30)19-14-20(22-21(15-19)34-26(27,28)35-22)33-12-9-18-6-4-5-16(2)13-18/h4-6,13-15,17H,3,7-12H2,1-2H3,(H,29,30)(H,31,32). The fourth-order valence-electron chi connectivity index (χ4n) is 4.67. The van der Waals surface area contributed by atoms with E-state index in [2.05, 4.69) is 21.7 Å². The average molecular weight is 490 g/mol. The second-order valence-electron chi connectivity index (χ2n) is 9.25. The number of aliphatic carboxylic acids is 1. The molecule has 2 N–H and O–H groups in total. The molecule has 7 nitrogen and oxygen atoms in total. The average Bonchev–Trinajstić information content (AvgIpc) is 3.13. The Labute approximate surface area is 202 Å². The van der Waals surface area contributed by atoms with Crippen LogP contribution < -0.4 is 19.5 Å². The summed E-state index contributed by atoms with van der Waals surface area (Å²) in [6.45, 7) is 4.17. The highest BCUT2D eigenvalue weighted by Gasteiger charge is 2.47. The summed E-state index contributed by atoms with van der Waals surface area (Å²) >= 11 is 0. The van der Waals surface area contributed by atoms with Gasteiger partial charge in [-0.2, -0.15) is 0 Å². The maximum absolute atomic E-state index is 13.8. The summed E-state index contributed by atoms with van der Waals surface area (Å²) in [4.78, 5) is 25.2. The van der Waals surface area contributed by atoms with Crippen molar-refractivity contribution in [2.24, 2.45) is 5.92 Å². The number of alkyl halides is 2. The van der Waals surface area contributed by atoms with Gasteiger partial charge in [-0.25, -0.2) is 4.79 Å². The van der Waals surface area contributed by atoms with Gasteiger partial charge in [0.2, 0.25) is 5.75 Å². The van der Waals surface area contributed by atoms with Gasteiger partial charge >= 0.3 is 12.3 Å². The van der Waals surface area contributed by atoms with E-state index in [4.69, 9.17) is 4.74 Å². The Balaban J connectivity index is 1.54. The van der Waals surface area contributed by atoms with Crippen molar-refractivity contribution in [3.05, 3.63) is 53.1 Å². The first-order valence-electron chi connectivity index (χ1n) is 11.8. The van der Waals surface area contributed by atoms with Gasteiger partial charge < -0.3 is 24.6 Å². The maximum atomic E-state index is 13.8. The molecule has 0 radical (unpaired) electrons. The molecule has 2 aromatic rings. The molecule has 0 unspecified atom stereocenters. The van der Waals surface area contributed by atoms with Crippen molar-refractivity contribution in [3.8, 4) is 17.2 Å². The molecule has 0 atom stereocenters. The predicted molar refractivity (Wildman–Crippen MR) is 123 cm³/mol. The number of carbonyl (C=O) groups is 2. The molecule has 2 aliphatic rings. The zero-order valence-electron chi connectivity index (χ0n) is 19.7. The van der Waals surface area contributed by atoms with Gasteiger partial charge in [-0.15, -0.1) is 8.78 Å². The lowest BCUT2D eigenvalue weighted by atomic mass is 9.75. The van der Waals surface area contributed by atoms with Crippen LogP contribution in [0.3, 0.4) is 0 Å². The zero-order chi connectivity index (χ0) is 25.2. The van der Waals surface area contributed by atoms with Gasteiger partial charge in [-0.05, 0) is 56.2 Å². The van der Waals surface area contributed by atoms with Crippen molar-refractivity contribution in [3.63, 3.8) is 0 Å². The molecule has 9 heteroatoms. The largest absolute Gasteiger partial charge is 0.586 e. The third-order valence-corrected chi connectivity index (χ3v) is 6.76. The molecule has 188 valence electrons. The first-order chi connectivity index (χ1) is 16.6. The number of aryl methyl sites for hydroxylation is 1. The Morgan fingerprint density at radius 2 is 1.91 bits per heavy atom. The smallest absolute Gasteiger partial charge is 0.489 e. The van der Waals surface area contributed by atoms with E-state index in [-0.39, 0.29) is 29.4 Å². The number of nitrogens with one attached hydrogen (secondary N) is 1. The number of carbonyl (C=O) groups excluding carboxylic acids is 1. The van der Waals surface area contributed by atoms with Crippen LogP contribution in [0.2, 0.25) is 0 Å². The molecule has 2 aromatic carbocycles. The number of benzene rings is 2. The van der Waals surface area contributed by atoms with Gasteiger partial charge in [0.1, 0.15) is 5.54 Å². The van der Waals surface area contributed by atoms with E-state index in [1.165, 1.54) is 6.07 Å². The SMILES string of the molecule is CCC1CCC(NC(=O)c2cc(OCCc3cccc(C)c3)c3c(c2)OC(F)(F)O3)(C(=O)O)CC1. The van der Waals surface area contributed by atoms with Crippen molar-refractivity contribution < 1.29 is 37.7 Å². The molecular weight excluding hydrogens is 460 g/mol. The summed E-state index contributed by atoms with van der Waals surface area (Å²) in [7, 11) is 0. The first kappa shape index (κ1) is 24.8. The van der Waals surface area contributed by atoms with E-state index in [0.717, 1.165) is 23.6 Å². The molecule has 1 fully saturated rings. The highest BCUT2D eigenvalue weighted by Crippen LogP contribution is 2.48. The maximum Gasteiger partial charge on any atom is 0.586 e. The molecule has 4 rings (SSSR count). The number of carboxylic acids is 1. The van der Waals surface area contributed by atoms with Crippen molar-refractivity contribution in [2.75, 3.05) is 6.61 Å². The molecule has 0 aromatic heterocycles. The van der Waals surface area contributed by atoms with E-state index in [1.807, 2.05) is 31.2 Å². The van der Waals surface area contributed by atoms with E-state index in [0.29, 0.717) is 38.0 Å².